The van der Waals surface area contributed by atoms with E-state index in [2.05, 4.69) is 5.32 Å². The Kier molecular flexibility index (Phi) is 4.71. The van der Waals surface area contributed by atoms with Crippen LogP contribution in [0, 0.1) is 5.92 Å². The van der Waals surface area contributed by atoms with Gasteiger partial charge in [0.25, 0.3) is 0 Å². The van der Waals surface area contributed by atoms with E-state index in [-0.39, 0.29) is 18.2 Å². The van der Waals surface area contributed by atoms with E-state index < -0.39 is 5.92 Å². The minimum atomic E-state index is -0.390. The highest BCUT2D eigenvalue weighted by molar-refractivity contribution is 6.30. The van der Waals surface area contributed by atoms with E-state index in [1.54, 1.807) is 48.4 Å². The zero-order valence-corrected chi connectivity index (χ0v) is 13.9. The van der Waals surface area contributed by atoms with Gasteiger partial charge in [0.15, 0.2) is 0 Å². The summed E-state index contributed by atoms with van der Waals surface area (Å²) in [5.41, 5.74) is 1.39. The Hall–Kier alpha value is -2.53. The van der Waals surface area contributed by atoms with Crippen LogP contribution >= 0.6 is 11.6 Å². The average Bonchev–Trinajstić information content (AvgIpc) is 2.97. The van der Waals surface area contributed by atoms with Crippen LogP contribution in [0.5, 0.6) is 5.75 Å². The Labute approximate surface area is 145 Å². The fraction of sp³-hybridized carbons (Fsp3) is 0.222. The van der Waals surface area contributed by atoms with Crippen LogP contribution in [0.4, 0.5) is 11.4 Å². The van der Waals surface area contributed by atoms with Crippen LogP contribution in [-0.4, -0.2) is 25.5 Å². The monoisotopic (exact) mass is 344 g/mol. The third-order valence-electron chi connectivity index (χ3n) is 3.97. The summed E-state index contributed by atoms with van der Waals surface area (Å²) in [6, 6.07) is 14.2. The third kappa shape index (κ3) is 3.51. The van der Waals surface area contributed by atoms with Crippen LogP contribution in [0.25, 0.3) is 0 Å². The Morgan fingerprint density at radius 2 is 2.00 bits per heavy atom. The summed E-state index contributed by atoms with van der Waals surface area (Å²) in [5, 5.41) is 3.36. The smallest absolute Gasteiger partial charge is 0.229 e. The summed E-state index contributed by atoms with van der Waals surface area (Å²) in [6.07, 6.45) is 0.193. The Bertz CT molecular complexity index is 761. The number of nitrogens with one attached hydrogen (secondary N) is 1. The van der Waals surface area contributed by atoms with Crippen molar-refractivity contribution in [2.24, 2.45) is 5.92 Å². The van der Waals surface area contributed by atoms with Crippen LogP contribution in [0.15, 0.2) is 48.5 Å². The molecule has 1 atom stereocenters. The van der Waals surface area contributed by atoms with E-state index in [0.29, 0.717) is 17.3 Å². The van der Waals surface area contributed by atoms with Crippen molar-refractivity contribution in [2.75, 3.05) is 23.9 Å². The van der Waals surface area contributed by atoms with E-state index in [9.17, 15) is 9.59 Å². The second-order valence-corrected chi connectivity index (χ2v) is 6.04. The first-order valence-corrected chi connectivity index (χ1v) is 7.95. The minimum Gasteiger partial charge on any atom is -0.497 e. The molecule has 0 aliphatic carbocycles. The number of rotatable bonds is 4. The van der Waals surface area contributed by atoms with Gasteiger partial charge in [-0.25, -0.2) is 0 Å². The van der Waals surface area contributed by atoms with E-state index in [1.807, 2.05) is 12.1 Å². The molecule has 1 N–H and O–H groups in total. The van der Waals surface area contributed by atoms with Crippen molar-refractivity contribution in [3.63, 3.8) is 0 Å². The predicted molar refractivity (Wildman–Crippen MR) is 93.5 cm³/mol. The Morgan fingerprint density at radius 3 is 2.67 bits per heavy atom. The highest BCUT2D eigenvalue weighted by atomic mass is 35.5. The maximum atomic E-state index is 12.4. The van der Waals surface area contributed by atoms with Gasteiger partial charge < -0.3 is 15.0 Å². The van der Waals surface area contributed by atoms with Crippen molar-refractivity contribution < 1.29 is 14.3 Å². The lowest BCUT2D eigenvalue weighted by atomic mass is 10.1. The molecule has 0 bridgehead atoms. The lowest BCUT2D eigenvalue weighted by Crippen LogP contribution is -2.28. The molecule has 2 amide bonds. The maximum Gasteiger partial charge on any atom is 0.229 e. The van der Waals surface area contributed by atoms with E-state index in [4.69, 9.17) is 16.3 Å². The van der Waals surface area contributed by atoms with Gasteiger partial charge in [0.1, 0.15) is 5.75 Å². The lowest BCUT2D eigenvalue weighted by molar-refractivity contribution is -0.122. The fourth-order valence-corrected chi connectivity index (χ4v) is 2.90. The molecule has 2 aromatic carbocycles. The summed E-state index contributed by atoms with van der Waals surface area (Å²) in [7, 11) is 1.59. The molecule has 124 valence electrons. The van der Waals surface area contributed by atoms with E-state index in [0.717, 1.165) is 11.4 Å². The van der Waals surface area contributed by atoms with Crippen LogP contribution in [0.1, 0.15) is 6.42 Å². The number of carbonyl (C=O) groups is 2. The lowest BCUT2D eigenvalue weighted by Gasteiger charge is -2.17. The zero-order chi connectivity index (χ0) is 17.1. The van der Waals surface area contributed by atoms with Gasteiger partial charge in [0, 0.05) is 29.4 Å². The van der Waals surface area contributed by atoms with Gasteiger partial charge in [-0.3, -0.25) is 9.59 Å². The second-order valence-electron chi connectivity index (χ2n) is 5.60. The highest BCUT2D eigenvalue weighted by Gasteiger charge is 2.35. The average molecular weight is 345 g/mol. The number of benzene rings is 2. The van der Waals surface area contributed by atoms with Crippen molar-refractivity contribution in [3.8, 4) is 5.75 Å². The van der Waals surface area contributed by atoms with Crippen LogP contribution in [-0.2, 0) is 9.59 Å². The Balaban J connectivity index is 1.68. The van der Waals surface area contributed by atoms with Gasteiger partial charge in [0.05, 0.1) is 13.0 Å². The number of amides is 2. The van der Waals surface area contributed by atoms with Gasteiger partial charge in [-0.1, -0.05) is 17.7 Å². The molecule has 0 radical (unpaired) electrons. The molecule has 0 spiro atoms. The van der Waals surface area contributed by atoms with Crippen LogP contribution < -0.4 is 15.0 Å². The van der Waals surface area contributed by atoms with E-state index in [1.165, 1.54) is 0 Å². The van der Waals surface area contributed by atoms with Crippen molar-refractivity contribution in [1.82, 2.24) is 0 Å². The van der Waals surface area contributed by atoms with E-state index >= 15 is 0 Å². The molecule has 24 heavy (non-hydrogen) atoms. The van der Waals surface area contributed by atoms with Gasteiger partial charge in [-0.05, 0) is 42.5 Å². The van der Waals surface area contributed by atoms with Gasteiger partial charge in [-0.15, -0.1) is 0 Å². The quantitative estimate of drug-likeness (QED) is 0.925. The molecule has 1 saturated heterocycles. The molecular formula is C18H17ClN2O3. The molecule has 1 heterocycles. The molecule has 6 heteroatoms. The molecule has 0 saturated carbocycles. The number of hydrogen-bond acceptors (Lipinski definition) is 3. The third-order valence-corrected chi connectivity index (χ3v) is 4.21. The first-order chi connectivity index (χ1) is 11.6. The topological polar surface area (TPSA) is 58.6 Å². The standard InChI is InChI=1S/C18H17ClN2O3/c1-24-16-7-5-15(6-8-16)21-11-12(9-17(21)22)18(23)20-14-4-2-3-13(19)10-14/h2-8,10,12H,9,11H2,1H3,(H,20,23)/t12-/m1/s1. The molecule has 5 nitrogen and oxygen atoms in total. The molecule has 2 aromatic rings. The number of methoxy groups -OCH3 is 1. The number of carbonyl (C=O) groups excluding carboxylic acids is 2. The molecule has 1 aliphatic heterocycles. The fourth-order valence-electron chi connectivity index (χ4n) is 2.71. The molecule has 0 unspecified atom stereocenters. The SMILES string of the molecule is COc1ccc(N2C[C@H](C(=O)Nc3cccc(Cl)c3)CC2=O)cc1. The largest absolute Gasteiger partial charge is 0.497 e. The van der Waals surface area contributed by atoms with Crippen molar-refractivity contribution >= 4 is 34.8 Å². The van der Waals surface area contributed by atoms with Gasteiger partial charge in [-0.2, -0.15) is 0 Å². The van der Waals surface area contributed by atoms with Crippen molar-refractivity contribution in [1.29, 1.82) is 0 Å². The number of anilines is 2. The Morgan fingerprint density at radius 1 is 1.25 bits per heavy atom. The highest BCUT2D eigenvalue weighted by Crippen LogP contribution is 2.27. The summed E-state index contributed by atoms with van der Waals surface area (Å²) < 4.78 is 5.12. The van der Waals surface area contributed by atoms with Crippen LogP contribution in [0.2, 0.25) is 5.02 Å². The first-order valence-electron chi connectivity index (χ1n) is 7.57. The normalized spacial score (nSPS) is 17.0. The zero-order valence-electron chi connectivity index (χ0n) is 13.2. The number of ether oxygens (including phenoxy) is 1. The number of nitrogens with zero attached hydrogens (tertiary/aromatic N) is 1. The van der Waals surface area contributed by atoms with Gasteiger partial charge in [0.2, 0.25) is 11.8 Å². The molecule has 1 fully saturated rings. The first kappa shape index (κ1) is 16.3. The summed E-state index contributed by atoms with van der Waals surface area (Å²) in [4.78, 5) is 26.3. The molecule has 1 aliphatic rings. The minimum absolute atomic E-state index is 0.0635. The summed E-state index contributed by atoms with van der Waals surface area (Å²) >= 11 is 5.92. The summed E-state index contributed by atoms with van der Waals surface area (Å²) in [6.45, 7) is 0.359. The predicted octanol–water partition coefficient (Wildman–Crippen LogP) is 3.34. The maximum absolute atomic E-state index is 12.4. The molecule has 3 rings (SSSR count). The number of halogens is 1. The van der Waals surface area contributed by atoms with Crippen LogP contribution in [0.3, 0.4) is 0 Å². The number of hydrogen-bond donors (Lipinski definition) is 1. The molecule has 0 aromatic heterocycles. The van der Waals surface area contributed by atoms with Gasteiger partial charge >= 0.3 is 0 Å². The summed E-state index contributed by atoms with van der Waals surface area (Å²) in [5.74, 6) is 0.0901. The molecular weight excluding hydrogens is 328 g/mol. The van der Waals surface area contributed by atoms with Crippen molar-refractivity contribution in [3.05, 3.63) is 53.6 Å². The second kappa shape index (κ2) is 6.93. The van der Waals surface area contributed by atoms with Crippen molar-refractivity contribution in [2.45, 2.75) is 6.42 Å².